The van der Waals surface area contributed by atoms with Gasteiger partial charge in [0.05, 0.1) is 10.2 Å². The summed E-state index contributed by atoms with van der Waals surface area (Å²) in [4.78, 5) is 31.1. The summed E-state index contributed by atoms with van der Waals surface area (Å²) < 4.78 is 1.00. The number of carbonyl (C=O) groups is 1. The van der Waals surface area contributed by atoms with Gasteiger partial charge in [0.15, 0.2) is 10.6 Å². The van der Waals surface area contributed by atoms with Crippen LogP contribution in [-0.4, -0.2) is 15.9 Å². The molecule has 0 aliphatic rings. The van der Waals surface area contributed by atoms with Gasteiger partial charge in [-0.15, -0.1) is 0 Å². The first-order valence-corrected chi connectivity index (χ1v) is 7.22. The van der Waals surface area contributed by atoms with Crippen molar-refractivity contribution in [1.82, 2.24) is 9.97 Å². The number of nitrogens with zero attached hydrogens (tertiary/aromatic N) is 1. The SMILES string of the molecule is Cc1ccc2nc(NC(=O)c3c[nH]c(C)cc3=O)sc2c1. The molecular weight excluding hydrogens is 286 g/mol. The molecule has 0 saturated heterocycles. The van der Waals surface area contributed by atoms with E-state index in [1.54, 1.807) is 6.92 Å². The van der Waals surface area contributed by atoms with E-state index in [0.29, 0.717) is 10.8 Å². The Hall–Kier alpha value is -2.47. The van der Waals surface area contributed by atoms with Crippen molar-refractivity contribution in [2.45, 2.75) is 13.8 Å². The molecule has 5 nitrogen and oxygen atoms in total. The summed E-state index contributed by atoms with van der Waals surface area (Å²) in [6.45, 7) is 3.77. The Morgan fingerprint density at radius 3 is 2.86 bits per heavy atom. The van der Waals surface area contributed by atoms with Crippen molar-refractivity contribution in [2.75, 3.05) is 5.32 Å². The van der Waals surface area contributed by atoms with Crippen LogP contribution in [0.1, 0.15) is 21.6 Å². The molecule has 0 saturated carbocycles. The molecule has 0 unspecified atom stereocenters. The topological polar surface area (TPSA) is 74.8 Å². The molecule has 106 valence electrons. The first-order chi connectivity index (χ1) is 10.0. The number of amides is 1. The molecular formula is C15H13N3O2S. The van der Waals surface area contributed by atoms with Gasteiger partial charge < -0.3 is 4.98 Å². The maximum absolute atomic E-state index is 12.1. The summed E-state index contributed by atoms with van der Waals surface area (Å²) in [6, 6.07) is 7.30. The number of anilines is 1. The van der Waals surface area contributed by atoms with Crippen LogP contribution in [-0.2, 0) is 0 Å². The quantitative estimate of drug-likeness (QED) is 0.764. The number of hydrogen-bond acceptors (Lipinski definition) is 4. The predicted molar refractivity (Wildman–Crippen MR) is 84.1 cm³/mol. The van der Waals surface area contributed by atoms with Crippen molar-refractivity contribution in [3.63, 3.8) is 0 Å². The number of hydrogen-bond donors (Lipinski definition) is 2. The normalized spacial score (nSPS) is 10.8. The van der Waals surface area contributed by atoms with Crippen LogP contribution in [0.3, 0.4) is 0 Å². The van der Waals surface area contributed by atoms with E-state index in [9.17, 15) is 9.59 Å². The fourth-order valence-corrected chi connectivity index (χ4v) is 2.96. The number of nitrogens with one attached hydrogen (secondary N) is 2. The van der Waals surface area contributed by atoms with Gasteiger partial charge in [0.1, 0.15) is 5.56 Å². The van der Waals surface area contributed by atoms with Crippen LogP contribution in [0.2, 0.25) is 0 Å². The maximum Gasteiger partial charge on any atom is 0.262 e. The Morgan fingerprint density at radius 2 is 2.10 bits per heavy atom. The highest BCUT2D eigenvalue weighted by molar-refractivity contribution is 7.22. The van der Waals surface area contributed by atoms with E-state index in [2.05, 4.69) is 15.3 Å². The predicted octanol–water partition coefficient (Wildman–Crippen LogP) is 2.85. The van der Waals surface area contributed by atoms with Crippen LogP contribution < -0.4 is 10.7 Å². The number of pyridine rings is 1. The molecule has 1 aromatic carbocycles. The summed E-state index contributed by atoms with van der Waals surface area (Å²) in [7, 11) is 0. The Balaban J connectivity index is 1.90. The van der Waals surface area contributed by atoms with Gasteiger partial charge in [-0.3, -0.25) is 14.9 Å². The van der Waals surface area contributed by atoms with Crippen LogP contribution in [0, 0.1) is 13.8 Å². The number of carbonyl (C=O) groups excluding carboxylic acids is 1. The second kappa shape index (κ2) is 5.14. The molecule has 6 heteroatoms. The summed E-state index contributed by atoms with van der Waals surface area (Å²) in [5.74, 6) is -0.452. The van der Waals surface area contributed by atoms with Gasteiger partial charge in [0.2, 0.25) is 0 Å². The number of aromatic nitrogens is 2. The van der Waals surface area contributed by atoms with E-state index in [1.807, 2.05) is 25.1 Å². The lowest BCUT2D eigenvalue weighted by molar-refractivity contribution is 0.102. The van der Waals surface area contributed by atoms with E-state index in [-0.39, 0.29) is 11.0 Å². The molecule has 0 atom stereocenters. The van der Waals surface area contributed by atoms with Crippen LogP contribution in [0.15, 0.2) is 35.3 Å². The number of rotatable bonds is 2. The van der Waals surface area contributed by atoms with Crippen LogP contribution in [0.5, 0.6) is 0 Å². The molecule has 0 spiro atoms. The number of aryl methyl sites for hydroxylation is 2. The number of benzene rings is 1. The van der Waals surface area contributed by atoms with Crippen LogP contribution in [0.4, 0.5) is 5.13 Å². The highest BCUT2D eigenvalue weighted by Crippen LogP contribution is 2.26. The number of fused-ring (bicyclic) bond motifs is 1. The molecule has 3 rings (SSSR count). The zero-order chi connectivity index (χ0) is 15.0. The fraction of sp³-hybridized carbons (Fsp3) is 0.133. The Bertz CT molecular complexity index is 895. The van der Waals surface area contributed by atoms with Gasteiger partial charge in [-0.25, -0.2) is 4.98 Å². The third-order valence-electron chi connectivity index (χ3n) is 3.07. The lowest BCUT2D eigenvalue weighted by atomic mass is 10.2. The molecule has 0 aliphatic heterocycles. The second-order valence-corrected chi connectivity index (χ2v) is 5.87. The van der Waals surface area contributed by atoms with Gasteiger partial charge in [-0.2, -0.15) is 0 Å². The minimum atomic E-state index is -0.452. The van der Waals surface area contributed by atoms with Gasteiger partial charge >= 0.3 is 0 Å². The lowest BCUT2D eigenvalue weighted by Gasteiger charge is -2.01. The van der Waals surface area contributed by atoms with Gasteiger partial charge in [-0.1, -0.05) is 17.4 Å². The van der Waals surface area contributed by atoms with Crippen molar-refractivity contribution < 1.29 is 4.79 Å². The van der Waals surface area contributed by atoms with Crippen molar-refractivity contribution in [1.29, 1.82) is 0 Å². The third-order valence-corrected chi connectivity index (χ3v) is 4.00. The summed E-state index contributed by atoms with van der Waals surface area (Å²) in [5, 5.41) is 3.16. The molecule has 2 aromatic heterocycles. The largest absolute Gasteiger partial charge is 0.364 e. The molecule has 1 amide bonds. The summed E-state index contributed by atoms with van der Waals surface area (Å²) in [6.07, 6.45) is 1.42. The van der Waals surface area contributed by atoms with E-state index in [4.69, 9.17) is 0 Å². The molecule has 0 bridgehead atoms. The highest BCUT2D eigenvalue weighted by atomic mass is 32.1. The Morgan fingerprint density at radius 1 is 1.29 bits per heavy atom. The maximum atomic E-state index is 12.1. The van der Waals surface area contributed by atoms with Crippen LogP contribution in [0.25, 0.3) is 10.2 Å². The van der Waals surface area contributed by atoms with Gasteiger partial charge in [0, 0.05) is 18.0 Å². The van der Waals surface area contributed by atoms with Crippen molar-refractivity contribution in [3.05, 3.63) is 57.5 Å². The number of thiazole rings is 1. The zero-order valence-corrected chi connectivity index (χ0v) is 12.4. The zero-order valence-electron chi connectivity index (χ0n) is 11.6. The summed E-state index contributed by atoms with van der Waals surface area (Å²) >= 11 is 1.39. The lowest BCUT2D eigenvalue weighted by Crippen LogP contribution is -2.21. The third kappa shape index (κ3) is 2.71. The molecule has 0 aliphatic carbocycles. The van der Waals surface area contributed by atoms with Crippen molar-refractivity contribution in [2.24, 2.45) is 0 Å². The number of aromatic amines is 1. The first-order valence-electron chi connectivity index (χ1n) is 6.41. The first kappa shape index (κ1) is 13.5. The summed E-state index contributed by atoms with van der Waals surface area (Å²) in [5.41, 5.74) is 2.46. The van der Waals surface area contributed by atoms with E-state index < -0.39 is 5.91 Å². The molecule has 2 heterocycles. The molecule has 0 fully saturated rings. The average molecular weight is 299 g/mol. The monoisotopic (exact) mass is 299 g/mol. The molecule has 0 radical (unpaired) electrons. The fourth-order valence-electron chi connectivity index (χ4n) is 2.00. The van der Waals surface area contributed by atoms with E-state index >= 15 is 0 Å². The Kier molecular flexibility index (Phi) is 3.31. The number of H-pyrrole nitrogens is 1. The smallest absolute Gasteiger partial charge is 0.262 e. The van der Waals surface area contributed by atoms with Crippen molar-refractivity contribution >= 4 is 32.6 Å². The van der Waals surface area contributed by atoms with Crippen LogP contribution >= 0.6 is 11.3 Å². The van der Waals surface area contributed by atoms with E-state index in [1.165, 1.54) is 23.6 Å². The average Bonchev–Trinajstić information content (AvgIpc) is 2.79. The van der Waals surface area contributed by atoms with Gasteiger partial charge in [0.25, 0.3) is 5.91 Å². The minimum absolute atomic E-state index is 0.0797. The van der Waals surface area contributed by atoms with Crippen molar-refractivity contribution in [3.8, 4) is 0 Å². The molecule has 21 heavy (non-hydrogen) atoms. The van der Waals surface area contributed by atoms with Gasteiger partial charge in [-0.05, 0) is 31.5 Å². The molecule has 2 N–H and O–H groups in total. The highest BCUT2D eigenvalue weighted by Gasteiger charge is 2.13. The van der Waals surface area contributed by atoms with E-state index in [0.717, 1.165) is 15.8 Å². The Labute approximate surface area is 124 Å². The standard InChI is InChI=1S/C15H13N3O2S/c1-8-3-4-11-13(5-8)21-15(17-11)18-14(20)10-7-16-9(2)6-12(10)19/h3-7H,1-2H3,(H,16,19)(H,17,18,20). The minimum Gasteiger partial charge on any atom is -0.364 e. The second-order valence-electron chi connectivity index (χ2n) is 4.84. The molecule has 3 aromatic rings.